The van der Waals surface area contributed by atoms with E-state index in [9.17, 15) is 4.79 Å². The molecule has 0 aliphatic rings. The van der Waals surface area contributed by atoms with Crippen molar-refractivity contribution in [1.29, 1.82) is 0 Å². The zero-order valence-electron chi connectivity index (χ0n) is 13.1. The number of fused-ring (bicyclic) bond motifs is 1. The number of amides is 1. The van der Waals surface area contributed by atoms with Crippen LogP contribution in [-0.2, 0) is 0 Å². The van der Waals surface area contributed by atoms with Crippen LogP contribution in [0, 0.1) is 20.8 Å². The molecule has 3 aromatic rings. The Morgan fingerprint density at radius 1 is 0.957 bits per heavy atom. The van der Waals surface area contributed by atoms with E-state index >= 15 is 0 Å². The molecule has 2 aromatic carbocycles. The fraction of sp³-hybridized carbons (Fsp3) is 0.167. The zero-order chi connectivity index (χ0) is 16.6. The van der Waals surface area contributed by atoms with E-state index in [1.165, 1.54) is 0 Å². The molecule has 0 bridgehead atoms. The number of nitrogens with one attached hydrogen (secondary N) is 1. The summed E-state index contributed by atoms with van der Waals surface area (Å²) in [5.74, 6) is -0.159. The first-order chi connectivity index (χ1) is 10.9. The van der Waals surface area contributed by atoms with E-state index in [4.69, 9.17) is 0 Å². The first kappa shape index (κ1) is 15.6. The summed E-state index contributed by atoms with van der Waals surface area (Å²) in [5.41, 5.74) is 5.70. The number of carbonyl (C=O) groups is 1. The number of halogens is 1. The summed E-state index contributed by atoms with van der Waals surface area (Å²) in [6.07, 6.45) is 0. The van der Waals surface area contributed by atoms with Crippen LogP contribution in [0.1, 0.15) is 27.3 Å². The van der Waals surface area contributed by atoms with E-state index in [1.807, 2.05) is 45.0 Å². The van der Waals surface area contributed by atoms with Crippen molar-refractivity contribution < 1.29 is 4.79 Å². The summed E-state index contributed by atoms with van der Waals surface area (Å²) >= 11 is 3.45. The third-order valence-electron chi connectivity index (χ3n) is 3.75. The molecule has 4 nitrogen and oxygen atoms in total. The third kappa shape index (κ3) is 3.24. The number of nitrogens with zero attached hydrogens (tertiary/aromatic N) is 2. The average molecular weight is 370 g/mol. The third-order valence-corrected chi connectivity index (χ3v) is 4.64. The van der Waals surface area contributed by atoms with Gasteiger partial charge in [-0.05, 0) is 62.7 Å². The molecule has 5 heteroatoms. The summed E-state index contributed by atoms with van der Waals surface area (Å²) in [7, 11) is 0. The van der Waals surface area contributed by atoms with Crippen molar-refractivity contribution >= 4 is 38.6 Å². The van der Waals surface area contributed by atoms with Crippen LogP contribution in [-0.4, -0.2) is 15.9 Å². The molecule has 1 aromatic heterocycles. The van der Waals surface area contributed by atoms with Crippen LogP contribution in [0.5, 0.6) is 0 Å². The van der Waals surface area contributed by atoms with E-state index in [2.05, 4.69) is 31.2 Å². The van der Waals surface area contributed by atoms with Crippen molar-refractivity contribution in [3.63, 3.8) is 0 Å². The Hall–Kier alpha value is -2.27. The first-order valence-electron chi connectivity index (χ1n) is 7.26. The molecule has 23 heavy (non-hydrogen) atoms. The molecule has 116 valence electrons. The smallest absolute Gasteiger partial charge is 0.255 e. The minimum atomic E-state index is -0.159. The summed E-state index contributed by atoms with van der Waals surface area (Å²) in [5, 5.41) is 2.91. The maximum atomic E-state index is 12.4. The zero-order valence-corrected chi connectivity index (χ0v) is 14.7. The molecule has 0 fully saturated rings. The van der Waals surface area contributed by atoms with Crippen molar-refractivity contribution in [2.24, 2.45) is 0 Å². The van der Waals surface area contributed by atoms with Crippen molar-refractivity contribution in [3.05, 3.63) is 63.4 Å². The van der Waals surface area contributed by atoms with Crippen molar-refractivity contribution in [1.82, 2.24) is 9.97 Å². The number of aromatic nitrogens is 2. The Morgan fingerprint density at radius 2 is 1.65 bits per heavy atom. The Balaban J connectivity index is 1.91. The lowest BCUT2D eigenvalue weighted by atomic mass is 10.1. The van der Waals surface area contributed by atoms with Crippen LogP contribution in [0.25, 0.3) is 11.0 Å². The van der Waals surface area contributed by atoms with E-state index in [1.54, 1.807) is 12.1 Å². The van der Waals surface area contributed by atoms with Crippen LogP contribution in [0.2, 0.25) is 0 Å². The van der Waals surface area contributed by atoms with E-state index in [0.717, 1.165) is 38.1 Å². The van der Waals surface area contributed by atoms with Crippen LogP contribution >= 0.6 is 15.9 Å². The molecule has 0 aliphatic carbocycles. The maximum Gasteiger partial charge on any atom is 0.255 e. The number of benzene rings is 2. The van der Waals surface area contributed by atoms with Gasteiger partial charge in [0.15, 0.2) is 0 Å². The van der Waals surface area contributed by atoms with Gasteiger partial charge in [0.05, 0.1) is 22.4 Å². The molecule has 0 saturated carbocycles. The molecule has 0 spiro atoms. The summed E-state index contributed by atoms with van der Waals surface area (Å²) in [6, 6.07) is 11.1. The molecule has 1 heterocycles. The average Bonchev–Trinajstić information content (AvgIpc) is 2.51. The number of rotatable bonds is 2. The minimum absolute atomic E-state index is 0.159. The highest BCUT2D eigenvalue weighted by Gasteiger charge is 2.09. The van der Waals surface area contributed by atoms with Crippen LogP contribution < -0.4 is 5.32 Å². The standard InChI is InChI=1S/C18H16BrN3O/c1-10-8-14(5-6-15(10)19)22-18(23)13-4-7-16-17(9-13)21-12(3)11(2)20-16/h4-9H,1-3H3,(H,22,23). The minimum Gasteiger partial charge on any atom is -0.322 e. The second-order valence-electron chi connectivity index (χ2n) is 5.52. The first-order valence-corrected chi connectivity index (χ1v) is 8.06. The number of carbonyl (C=O) groups excluding carboxylic acids is 1. The normalized spacial score (nSPS) is 10.8. The molecule has 1 amide bonds. The molecule has 0 atom stereocenters. The quantitative estimate of drug-likeness (QED) is 0.719. The number of anilines is 1. The van der Waals surface area contributed by atoms with Gasteiger partial charge in [-0.2, -0.15) is 0 Å². The Labute approximate surface area is 143 Å². The molecule has 0 aliphatic heterocycles. The second-order valence-corrected chi connectivity index (χ2v) is 6.37. The number of hydrogen-bond donors (Lipinski definition) is 1. The lowest BCUT2D eigenvalue weighted by Crippen LogP contribution is -2.12. The number of hydrogen-bond acceptors (Lipinski definition) is 3. The van der Waals surface area contributed by atoms with E-state index in [-0.39, 0.29) is 5.91 Å². The monoisotopic (exact) mass is 369 g/mol. The highest BCUT2D eigenvalue weighted by molar-refractivity contribution is 9.10. The van der Waals surface area contributed by atoms with Crippen LogP contribution in [0.4, 0.5) is 5.69 Å². The van der Waals surface area contributed by atoms with Crippen LogP contribution in [0.15, 0.2) is 40.9 Å². The van der Waals surface area contributed by atoms with Crippen molar-refractivity contribution in [2.75, 3.05) is 5.32 Å². The Morgan fingerprint density at radius 3 is 2.35 bits per heavy atom. The van der Waals surface area contributed by atoms with E-state index < -0.39 is 0 Å². The van der Waals surface area contributed by atoms with Gasteiger partial charge in [0, 0.05) is 15.7 Å². The fourth-order valence-corrected chi connectivity index (χ4v) is 2.54. The van der Waals surface area contributed by atoms with Gasteiger partial charge in [-0.1, -0.05) is 15.9 Å². The lowest BCUT2D eigenvalue weighted by molar-refractivity contribution is 0.102. The predicted octanol–water partition coefficient (Wildman–Crippen LogP) is 4.57. The largest absolute Gasteiger partial charge is 0.322 e. The van der Waals surface area contributed by atoms with Gasteiger partial charge in [0.25, 0.3) is 5.91 Å². The highest BCUT2D eigenvalue weighted by Crippen LogP contribution is 2.21. The summed E-state index contributed by atoms with van der Waals surface area (Å²) in [4.78, 5) is 21.4. The maximum absolute atomic E-state index is 12.4. The molecule has 0 unspecified atom stereocenters. The molecular weight excluding hydrogens is 354 g/mol. The molecule has 0 saturated heterocycles. The second kappa shape index (κ2) is 6.08. The summed E-state index contributed by atoms with van der Waals surface area (Å²) in [6.45, 7) is 5.83. The van der Waals surface area contributed by atoms with Crippen molar-refractivity contribution in [2.45, 2.75) is 20.8 Å². The van der Waals surface area contributed by atoms with Gasteiger partial charge in [-0.3, -0.25) is 4.79 Å². The number of aryl methyl sites for hydroxylation is 3. The predicted molar refractivity (Wildman–Crippen MR) is 95.8 cm³/mol. The Kier molecular flexibility index (Phi) is 4.13. The van der Waals surface area contributed by atoms with Gasteiger partial charge in [0.2, 0.25) is 0 Å². The summed E-state index contributed by atoms with van der Waals surface area (Å²) < 4.78 is 1.02. The van der Waals surface area contributed by atoms with E-state index in [0.29, 0.717) is 5.56 Å². The van der Waals surface area contributed by atoms with Gasteiger partial charge < -0.3 is 5.32 Å². The van der Waals surface area contributed by atoms with Gasteiger partial charge >= 0.3 is 0 Å². The molecular formula is C18H16BrN3O. The fourth-order valence-electron chi connectivity index (χ4n) is 2.30. The Bertz CT molecular complexity index is 922. The van der Waals surface area contributed by atoms with Crippen molar-refractivity contribution in [3.8, 4) is 0 Å². The van der Waals surface area contributed by atoms with Gasteiger partial charge in [-0.15, -0.1) is 0 Å². The lowest BCUT2D eigenvalue weighted by Gasteiger charge is -2.08. The highest BCUT2D eigenvalue weighted by atomic mass is 79.9. The molecule has 0 radical (unpaired) electrons. The topological polar surface area (TPSA) is 54.9 Å². The SMILES string of the molecule is Cc1cc(NC(=O)c2ccc3nc(C)c(C)nc3c2)ccc1Br. The molecule has 3 rings (SSSR count). The molecule has 1 N–H and O–H groups in total. The van der Waals surface area contributed by atoms with Crippen LogP contribution in [0.3, 0.4) is 0 Å². The van der Waals surface area contributed by atoms with Gasteiger partial charge in [0.1, 0.15) is 0 Å². The van der Waals surface area contributed by atoms with Gasteiger partial charge in [-0.25, -0.2) is 9.97 Å².